The lowest BCUT2D eigenvalue weighted by molar-refractivity contribution is -0.137. The number of rotatable bonds is 2. The molecule has 1 aliphatic heterocycles. The Bertz CT molecular complexity index is 1370. The summed E-state index contributed by atoms with van der Waals surface area (Å²) in [4.78, 5) is 16.7. The van der Waals surface area contributed by atoms with Crippen molar-refractivity contribution in [3.05, 3.63) is 82.0 Å². The molecule has 1 aliphatic rings. The second-order valence-corrected chi connectivity index (χ2v) is 8.02. The third-order valence-electron chi connectivity index (χ3n) is 6.08. The minimum absolute atomic E-state index is 0.277. The number of hydrogen-bond acceptors (Lipinski definition) is 3. The number of benzene rings is 1. The van der Waals surface area contributed by atoms with Gasteiger partial charge in [-0.05, 0) is 55.3 Å². The zero-order valence-electron chi connectivity index (χ0n) is 19.4. The molecule has 1 aromatic carbocycles. The molecule has 1 N–H and O–H groups in total. The van der Waals surface area contributed by atoms with Gasteiger partial charge in [0.2, 0.25) is 0 Å². The van der Waals surface area contributed by atoms with E-state index in [-0.39, 0.29) is 5.56 Å². The highest BCUT2D eigenvalue weighted by molar-refractivity contribution is 5.87. The second kappa shape index (κ2) is 9.46. The van der Waals surface area contributed by atoms with E-state index < -0.39 is 11.7 Å². The maximum atomic E-state index is 12.8. The van der Waals surface area contributed by atoms with Crippen molar-refractivity contribution in [2.24, 2.45) is 7.05 Å². The van der Waals surface area contributed by atoms with Crippen molar-refractivity contribution in [3.8, 4) is 16.9 Å². The van der Waals surface area contributed by atoms with Crippen molar-refractivity contribution in [1.82, 2.24) is 19.4 Å². The van der Waals surface area contributed by atoms with Crippen LogP contribution >= 0.6 is 0 Å². The van der Waals surface area contributed by atoms with Crippen molar-refractivity contribution >= 4 is 10.9 Å². The van der Waals surface area contributed by atoms with E-state index in [1.165, 1.54) is 33.3 Å². The largest absolute Gasteiger partial charge is 0.417 e. The first-order chi connectivity index (χ1) is 16.3. The van der Waals surface area contributed by atoms with Crippen molar-refractivity contribution < 1.29 is 13.2 Å². The topological polar surface area (TPSA) is 51.9 Å². The molecule has 0 spiro atoms. The Morgan fingerprint density at radius 1 is 1.06 bits per heavy atom. The van der Waals surface area contributed by atoms with Gasteiger partial charge in [0.15, 0.2) is 0 Å². The van der Waals surface area contributed by atoms with Gasteiger partial charge in [0, 0.05) is 48.7 Å². The lowest BCUT2D eigenvalue weighted by Crippen LogP contribution is -2.17. The van der Waals surface area contributed by atoms with Gasteiger partial charge < -0.3 is 9.88 Å². The van der Waals surface area contributed by atoms with Crippen LogP contribution in [0.25, 0.3) is 27.8 Å². The van der Waals surface area contributed by atoms with Crippen molar-refractivity contribution in [3.63, 3.8) is 0 Å². The summed E-state index contributed by atoms with van der Waals surface area (Å²) < 4.78 is 42.0. The van der Waals surface area contributed by atoms with Gasteiger partial charge in [-0.25, -0.2) is 0 Å². The van der Waals surface area contributed by atoms with Crippen LogP contribution in [0, 0.1) is 0 Å². The Labute approximate surface area is 195 Å². The van der Waals surface area contributed by atoms with Gasteiger partial charge in [-0.1, -0.05) is 19.9 Å². The molecule has 0 bridgehead atoms. The van der Waals surface area contributed by atoms with Gasteiger partial charge in [0.1, 0.15) is 0 Å². The molecule has 0 saturated carbocycles. The van der Waals surface area contributed by atoms with Crippen LogP contribution in [0.15, 0.2) is 59.7 Å². The molecule has 0 atom stereocenters. The number of alkyl halides is 3. The van der Waals surface area contributed by atoms with Crippen LogP contribution in [0.5, 0.6) is 0 Å². The average molecular weight is 469 g/mol. The molecule has 178 valence electrons. The zero-order valence-corrected chi connectivity index (χ0v) is 19.4. The molecule has 0 saturated heterocycles. The normalized spacial score (nSPS) is 13.7. The lowest BCUT2D eigenvalue weighted by Gasteiger charge is -2.10. The van der Waals surface area contributed by atoms with E-state index in [0.29, 0.717) is 11.3 Å². The van der Waals surface area contributed by atoms with Crippen molar-refractivity contribution in [2.75, 3.05) is 6.54 Å². The van der Waals surface area contributed by atoms with Crippen LogP contribution in [0.1, 0.15) is 37.1 Å². The fourth-order valence-corrected chi connectivity index (χ4v) is 4.39. The molecule has 0 radical (unpaired) electrons. The fraction of sp³-hybridized carbons (Fsp3) is 0.308. The number of pyridine rings is 2. The van der Waals surface area contributed by atoms with E-state index >= 15 is 0 Å². The molecule has 8 heteroatoms. The maximum absolute atomic E-state index is 12.8. The second-order valence-electron chi connectivity index (χ2n) is 8.02. The third-order valence-corrected chi connectivity index (χ3v) is 6.08. The first-order valence-electron chi connectivity index (χ1n) is 11.4. The highest BCUT2D eigenvalue weighted by Gasteiger charge is 2.30. The van der Waals surface area contributed by atoms with Gasteiger partial charge in [0.25, 0.3) is 5.56 Å². The Kier molecular flexibility index (Phi) is 6.61. The molecule has 4 aromatic rings. The van der Waals surface area contributed by atoms with E-state index in [1.54, 1.807) is 12.3 Å². The standard InChI is InChI=1S/C24H21F3N4O.C2H6/c1-30-21-12-17(5-6-19(21)18-3-2-9-28-14-22(18)30)31-10-8-15(11-23(31)32)20-7-4-16(13-29-20)24(25,26)27;1-2/h4-8,10-13,28H,2-3,9,14H2,1H3;1-2H3. The first kappa shape index (κ1) is 23.8. The van der Waals surface area contributed by atoms with Gasteiger partial charge in [-0.2, -0.15) is 13.2 Å². The Hall–Kier alpha value is -3.39. The maximum Gasteiger partial charge on any atom is 0.417 e. The number of nitrogens with one attached hydrogen (secondary N) is 1. The summed E-state index contributed by atoms with van der Waals surface area (Å²) in [6.07, 6.45) is 0.0796. The van der Waals surface area contributed by atoms with E-state index in [0.717, 1.165) is 49.4 Å². The highest BCUT2D eigenvalue weighted by Crippen LogP contribution is 2.31. The summed E-state index contributed by atoms with van der Waals surface area (Å²) >= 11 is 0. The number of fused-ring (bicyclic) bond motifs is 3. The number of halogens is 3. The molecule has 0 aliphatic carbocycles. The van der Waals surface area contributed by atoms with E-state index in [4.69, 9.17) is 0 Å². The summed E-state index contributed by atoms with van der Waals surface area (Å²) in [5.41, 5.74) is 4.12. The van der Waals surface area contributed by atoms with E-state index in [1.807, 2.05) is 33.0 Å². The Morgan fingerprint density at radius 3 is 2.53 bits per heavy atom. The zero-order chi connectivity index (χ0) is 24.5. The van der Waals surface area contributed by atoms with Gasteiger partial charge in [-0.15, -0.1) is 0 Å². The lowest BCUT2D eigenvalue weighted by atomic mass is 10.1. The quantitative estimate of drug-likeness (QED) is 0.424. The van der Waals surface area contributed by atoms with Crippen molar-refractivity contribution in [2.45, 2.75) is 39.4 Å². The van der Waals surface area contributed by atoms with E-state index in [9.17, 15) is 18.0 Å². The van der Waals surface area contributed by atoms with Crippen LogP contribution in [0.4, 0.5) is 13.2 Å². The van der Waals surface area contributed by atoms with Gasteiger partial charge >= 0.3 is 6.18 Å². The average Bonchev–Trinajstić information content (AvgIpc) is 2.98. The van der Waals surface area contributed by atoms with E-state index in [2.05, 4.69) is 20.9 Å². The Morgan fingerprint density at radius 2 is 1.85 bits per heavy atom. The Balaban J connectivity index is 0.00000133. The molecule has 3 aromatic heterocycles. The predicted molar refractivity (Wildman–Crippen MR) is 128 cm³/mol. The summed E-state index contributed by atoms with van der Waals surface area (Å²) in [5, 5.41) is 4.65. The summed E-state index contributed by atoms with van der Waals surface area (Å²) in [5.74, 6) is 0. The molecule has 34 heavy (non-hydrogen) atoms. The minimum atomic E-state index is -4.45. The molecule has 5 nitrogen and oxygen atoms in total. The number of aryl methyl sites for hydroxylation is 2. The third kappa shape index (κ3) is 4.37. The van der Waals surface area contributed by atoms with Gasteiger partial charge in [0.05, 0.1) is 22.5 Å². The summed E-state index contributed by atoms with van der Waals surface area (Å²) in [6, 6.07) is 11.3. The summed E-state index contributed by atoms with van der Waals surface area (Å²) in [7, 11) is 2.04. The molecule has 0 unspecified atom stereocenters. The molecule has 5 rings (SSSR count). The first-order valence-corrected chi connectivity index (χ1v) is 11.4. The smallest absolute Gasteiger partial charge is 0.346 e. The number of hydrogen-bond donors (Lipinski definition) is 1. The minimum Gasteiger partial charge on any atom is -0.346 e. The van der Waals surface area contributed by atoms with Crippen LogP contribution in [-0.2, 0) is 26.2 Å². The predicted octanol–water partition coefficient (Wildman–Crippen LogP) is 5.47. The SMILES string of the molecule is CC.Cn1c2c(c3ccc(-n4ccc(-c5ccc(C(F)(F)F)cn5)cc4=O)cc31)CCCNC2. The number of nitrogens with zero attached hydrogens (tertiary/aromatic N) is 3. The molecule has 0 fully saturated rings. The fourth-order valence-electron chi connectivity index (χ4n) is 4.39. The van der Waals surface area contributed by atoms with Crippen LogP contribution in [0.3, 0.4) is 0 Å². The van der Waals surface area contributed by atoms with Crippen LogP contribution in [0.2, 0.25) is 0 Å². The van der Waals surface area contributed by atoms with Crippen molar-refractivity contribution in [1.29, 1.82) is 0 Å². The molecular formula is C26H27F3N4O. The highest BCUT2D eigenvalue weighted by atomic mass is 19.4. The molecule has 4 heterocycles. The monoisotopic (exact) mass is 468 g/mol. The molecular weight excluding hydrogens is 441 g/mol. The van der Waals surface area contributed by atoms with Crippen LogP contribution < -0.4 is 10.9 Å². The summed E-state index contributed by atoms with van der Waals surface area (Å²) in [6.45, 7) is 5.83. The van der Waals surface area contributed by atoms with Crippen LogP contribution in [-0.4, -0.2) is 20.7 Å². The number of aromatic nitrogens is 3. The van der Waals surface area contributed by atoms with Gasteiger partial charge in [-0.3, -0.25) is 14.3 Å². The molecule has 0 amide bonds.